The van der Waals surface area contributed by atoms with Gasteiger partial charge in [0, 0.05) is 5.69 Å². The molecule has 9 nitrogen and oxygen atoms in total. The van der Waals surface area contributed by atoms with Crippen LogP contribution in [-0.2, 0) is 4.79 Å². The number of anilines is 1. The summed E-state index contributed by atoms with van der Waals surface area (Å²) in [7, 11) is 4.44. The SMILES string of the molecule is COc1cccc([C@@H]2C(C(=O)Nc3ccccc3)=C(C)N=c3s/c(=C/c4cc(OC)c(O)c(OC)c4)c(=O)n32)c1. The maximum atomic E-state index is 13.9. The quantitative estimate of drug-likeness (QED) is 0.359. The number of para-hydroxylation sites is 1. The molecule has 0 bridgehead atoms. The van der Waals surface area contributed by atoms with E-state index in [2.05, 4.69) is 10.3 Å². The van der Waals surface area contributed by atoms with Crippen LogP contribution in [0, 0.1) is 0 Å². The summed E-state index contributed by atoms with van der Waals surface area (Å²) in [6, 6.07) is 18.9. The van der Waals surface area contributed by atoms with Gasteiger partial charge in [0.25, 0.3) is 11.5 Å². The molecule has 3 aromatic carbocycles. The molecule has 0 unspecified atom stereocenters. The van der Waals surface area contributed by atoms with Gasteiger partial charge >= 0.3 is 0 Å². The fraction of sp³-hybridized carbons (Fsp3) is 0.167. The van der Waals surface area contributed by atoms with Crippen molar-refractivity contribution in [1.82, 2.24) is 4.57 Å². The van der Waals surface area contributed by atoms with Crippen LogP contribution in [-0.4, -0.2) is 36.9 Å². The summed E-state index contributed by atoms with van der Waals surface area (Å²) in [5.74, 6) is 0.529. The second kappa shape index (κ2) is 11.1. The van der Waals surface area contributed by atoms with Crippen molar-refractivity contribution in [3.8, 4) is 23.0 Å². The Hall–Kier alpha value is -4.83. The number of rotatable bonds is 7. The minimum atomic E-state index is -0.749. The molecule has 0 radical (unpaired) electrons. The highest BCUT2D eigenvalue weighted by molar-refractivity contribution is 7.07. The zero-order valence-corrected chi connectivity index (χ0v) is 23.1. The number of hydrogen-bond donors (Lipinski definition) is 2. The van der Waals surface area contributed by atoms with Gasteiger partial charge in [0.1, 0.15) is 5.75 Å². The molecule has 1 atom stereocenters. The third-order valence-corrected chi connectivity index (χ3v) is 7.49. The number of hydrogen-bond acceptors (Lipinski definition) is 8. The third-order valence-electron chi connectivity index (χ3n) is 6.51. The maximum absolute atomic E-state index is 13.9. The molecule has 1 amide bonds. The number of carbonyl (C=O) groups excluding carboxylic acids is 1. The van der Waals surface area contributed by atoms with Crippen LogP contribution in [0.25, 0.3) is 6.08 Å². The van der Waals surface area contributed by atoms with Crippen molar-refractivity contribution in [3.05, 3.63) is 109 Å². The molecule has 0 saturated heterocycles. The Balaban J connectivity index is 1.69. The number of aromatic nitrogens is 1. The molecular formula is C30H27N3O6S. The third kappa shape index (κ3) is 4.96. The largest absolute Gasteiger partial charge is 0.502 e. The van der Waals surface area contributed by atoms with Gasteiger partial charge in [0.2, 0.25) is 5.75 Å². The van der Waals surface area contributed by atoms with E-state index in [1.165, 1.54) is 30.1 Å². The average Bonchev–Trinajstić information content (AvgIpc) is 3.27. The Kier molecular flexibility index (Phi) is 7.43. The zero-order chi connectivity index (χ0) is 28.4. The first-order valence-electron chi connectivity index (χ1n) is 12.3. The first kappa shape index (κ1) is 26.8. The number of ether oxygens (including phenoxy) is 3. The van der Waals surface area contributed by atoms with Crippen LogP contribution in [0.15, 0.2) is 87.8 Å². The van der Waals surface area contributed by atoms with E-state index < -0.39 is 6.04 Å². The van der Waals surface area contributed by atoms with Gasteiger partial charge < -0.3 is 24.6 Å². The number of methoxy groups -OCH3 is 3. The second-order valence-corrected chi connectivity index (χ2v) is 9.96. The lowest BCUT2D eigenvalue weighted by molar-refractivity contribution is -0.113. The summed E-state index contributed by atoms with van der Waals surface area (Å²) in [5.41, 5.74) is 2.45. The lowest BCUT2D eigenvalue weighted by atomic mass is 9.95. The van der Waals surface area contributed by atoms with E-state index >= 15 is 0 Å². The number of allylic oxidation sites excluding steroid dienone is 1. The van der Waals surface area contributed by atoms with Gasteiger partial charge in [-0.1, -0.05) is 41.7 Å². The fourth-order valence-electron chi connectivity index (χ4n) is 4.61. The molecule has 4 aromatic rings. The van der Waals surface area contributed by atoms with Crippen molar-refractivity contribution in [2.24, 2.45) is 4.99 Å². The predicted octanol–water partition coefficient (Wildman–Crippen LogP) is 3.61. The van der Waals surface area contributed by atoms with Crippen molar-refractivity contribution >= 4 is 29.0 Å². The molecule has 40 heavy (non-hydrogen) atoms. The van der Waals surface area contributed by atoms with Crippen LogP contribution in [0.4, 0.5) is 5.69 Å². The molecule has 0 saturated carbocycles. The number of amides is 1. The Bertz CT molecular complexity index is 1780. The second-order valence-electron chi connectivity index (χ2n) is 8.95. The molecule has 0 aliphatic carbocycles. The summed E-state index contributed by atoms with van der Waals surface area (Å²) in [5, 5.41) is 13.2. The van der Waals surface area contributed by atoms with E-state index in [4.69, 9.17) is 14.2 Å². The summed E-state index contributed by atoms with van der Waals surface area (Å²) >= 11 is 1.20. The van der Waals surface area contributed by atoms with Crippen LogP contribution >= 0.6 is 11.3 Å². The van der Waals surface area contributed by atoms with Crippen molar-refractivity contribution in [1.29, 1.82) is 0 Å². The molecule has 0 spiro atoms. The first-order valence-corrected chi connectivity index (χ1v) is 13.1. The van der Waals surface area contributed by atoms with Crippen LogP contribution in [0.1, 0.15) is 24.1 Å². The fourth-order valence-corrected chi connectivity index (χ4v) is 5.65. The highest BCUT2D eigenvalue weighted by Gasteiger charge is 2.32. The molecular weight excluding hydrogens is 530 g/mol. The number of phenols is 1. The summed E-state index contributed by atoms with van der Waals surface area (Å²) in [6.45, 7) is 1.76. The Morgan fingerprint density at radius 2 is 1.70 bits per heavy atom. The van der Waals surface area contributed by atoms with E-state index in [0.717, 1.165) is 0 Å². The number of nitrogens with one attached hydrogen (secondary N) is 1. The number of carbonyl (C=O) groups is 1. The summed E-state index contributed by atoms with van der Waals surface area (Å²) < 4.78 is 17.9. The van der Waals surface area contributed by atoms with E-state index in [0.29, 0.717) is 43.2 Å². The molecule has 1 aliphatic rings. The van der Waals surface area contributed by atoms with E-state index in [-0.39, 0.29) is 28.7 Å². The maximum Gasteiger partial charge on any atom is 0.271 e. The molecule has 10 heteroatoms. The van der Waals surface area contributed by atoms with Gasteiger partial charge in [-0.3, -0.25) is 14.2 Å². The Labute approximate surface area is 233 Å². The number of phenolic OH excluding ortho intramolecular Hbond substituents is 1. The monoisotopic (exact) mass is 557 g/mol. The van der Waals surface area contributed by atoms with Crippen molar-refractivity contribution < 1.29 is 24.1 Å². The Morgan fingerprint density at radius 1 is 1.00 bits per heavy atom. The number of benzene rings is 3. The normalized spacial score (nSPS) is 14.8. The standard InChI is InChI=1S/C30H27N3O6S/c1-17-25(28(35)32-20-10-6-5-7-11-20)26(19-9-8-12-21(16-19)37-2)33-29(36)24(40-30(33)31-17)15-18-13-22(38-3)27(34)23(14-18)39-4/h5-16,26,34H,1-4H3,(H,32,35)/b24-15+/t26-/m1/s1. The molecule has 5 rings (SSSR count). The van der Waals surface area contributed by atoms with E-state index in [1.807, 2.05) is 36.4 Å². The number of fused-ring (bicyclic) bond motifs is 1. The van der Waals surface area contributed by atoms with Crippen LogP contribution < -0.4 is 34.4 Å². The van der Waals surface area contributed by atoms with E-state index in [1.54, 1.807) is 50.4 Å². The van der Waals surface area contributed by atoms with Crippen LogP contribution in [0.5, 0.6) is 23.0 Å². The van der Waals surface area contributed by atoms with Gasteiger partial charge in [-0.25, -0.2) is 4.99 Å². The van der Waals surface area contributed by atoms with Crippen molar-refractivity contribution in [2.75, 3.05) is 26.6 Å². The van der Waals surface area contributed by atoms with Gasteiger partial charge in [-0.2, -0.15) is 0 Å². The van der Waals surface area contributed by atoms with Crippen LogP contribution in [0.3, 0.4) is 0 Å². The highest BCUT2D eigenvalue weighted by Crippen LogP contribution is 2.37. The topological polar surface area (TPSA) is 111 Å². The summed E-state index contributed by atoms with van der Waals surface area (Å²) in [4.78, 5) is 32.8. The van der Waals surface area contributed by atoms with Crippen molar-refractivity contribution in [3.63, 3.8) is 0 Å². The lowest BCUT2D eigenvalue weighted by Crippen LogP contribution is -2.40. The predicted molar refractivity (Wildman–Crippen MR) is 153 cm³/mol. The van der Waals surface area contributed by atoms with Gasteiger partial charge in [-0.15, -0.1) is 0 Å². The molecule has 0 fully saturated rings. The number of aromatic hydroxyl groups is 1. The smallest absolute Gasteiger partial charge is 0.271 e. The first-order chi connectivity index (χ1) is 19.3. The average molecular weight is 558 g/mol. The zero-order valence-electron chi connectivity index (χ0n) is 22.3. The Morgan fingerprint density at radius 3 is 2.35 bits per heavy atom. The molecule has 2 N–H and O–H groups in total. The lowest BCUT2D eigenvalue weighted by Gasteiger charge is -2.25. The van der Waals surface area contributed by atoms with Crippen molar-refractivity contribution in [2.45, 2.75) is 13.0 Å². The molecule has 1 aromatic heterocycles. The minimum absolute atomic E-state index is 0.133. The van der Waals surface area contributed by atoms with Gasteiger partial charge in [0.15, 0.2) is 16.3 Å². The number of thiazole rings is 1. The molecule has 204 valence electrons. The highest BCUT2D eigenvalue weighted by atomic mass is 32.1. The summed E-state index contributed by atoms with van der Waals surface area (Å²) in [6.07, 6.45) is 1.68. The van der Waals surface area contributed by atoms with Gasteiger partial charge in [0.05, 0.1) is 43.2 Å². The molecule has 1 aliphatic heterocycles. The van der Waals surface area contributed by atoms with Crippen LogP contribution in [0.2, 0.25) is 0 Å². The van der Waals surface area contributed by atoms with E-state index in [9.17, 15) is 14.7 Å². The minimum Gasteiger partial charge on any atom is -0.502 e. The number of nitrogens with zero attached hydrogens (tertiary/aromatic N) is 2. The molecule has 2 heterocycles. The van der Waals surface area contributed by atoms with Gasteiger partial charge in [-0.05, 0) is 60.5 Å².